The zero-order chi connectivity index (χ0) is 21.8. The molecule has 3 aromatic rings. The molecule has 1 N–H and O–H groups in total. The standard InChI is InChI=1S/C21H29N9S/c1-5-18-25-21(31-27-18)29-10-8-28(9-11-29)20(22-4)24-14-17-6-7-19(23-13-17)30-16(3)12-15(2)26-30/h6-7,12-13H,5,8-11,14H2,1-4H3,(H,22,24). The van der Waals surface area contributed by atoms with Gasteiger partial charge in [0.25, 0.3) is 0 Å². The molecule has 1 aliphatic heterocycles. The molecule has 0 aliphatic carbocycles. The van der Waals surface area contributed by atoms with Crippen LogP contribution in [0.4, 0.5) is 5.13 Å². The molecule has 3 aromatic heterocycles. The van der Waals surface area contributed by atoms with Crippen molar-refractivity contribution in [1.29, 1.82) is 0 Å². The predicted octanol–water partition coefficient (Wildman–Crippen LogP) is 2.20. The molecule has 10 heteroatoms. The molecular weight excluding hydrogens is 410 g/mol. The summed E-state index contributed by atoms with van der Waals surface area (Å²) >= 11 is 1.49. The maximum atomic E-state index is 4.61. The number of guanidine groups is 1. The Morgan fingerprint density at radius 2 is 2.00 bits per heavy atom. The number of piperazine rings is 1. The topological polar surface area (TPSA) is 87.4 Å². The van der Waals surface area contributed by atoms with E-state index < -0.39 is 0 Å². The molecule has 9 nitrogen and oxygen atoms in total. The van der Waals surface area contributed by atoms with Crippen molar-refractivity contribution in [1.82, 2.24) is 34.3 Å². The van der Waals surface area contributed by atoms with E-state index in [4.69, 9.17) is 0 Å². The van der Waals surface area contributed by atoms with Crippen molar-refractivity contribution >= 4 is 22.6 Å². The van der Waals surface area contributed by atoms with Crippen molar-refractivity contribution in [3.05, 3.63) is 47.2 Å². The fraction of sp³-hybridized carbons (Fsp3) is 0.476. The maximum absolute atomic E-state index is 4.61. The normalized spacial score (nSPS) is 14.9. The number of aliphatic imine (C=N–C) groups is 1. The summed E-state index contributed by atoms with van der Waals surface area (Å²) in [5.74, 6) is 2.67. The smallest absolute Gasteiger partial charge is 0.205 e. The van der Waals surface area contributed by atoms with Crippen molar-refractivity contribution in [2.75, 3.05) is 38.1 Å². The van der Waals surface area contributed by atoms with Gasteiger partial charge in [-0.25, -0.2) is 14.6 Å². The van der Waals surface area contributed by atoms with Crippen LogP contribution in [-0.4, -0.2) is 68.2 Å². The summed E-state index contributed by atoms with van der Waals surface area (Å²) in [5.41, 5.74) is 3.17. The number of aryl methyl sites for hydroxylation is 3. The second-order valence-electron chi connectivity index (χ2n) is 7.59. The number of anilines is 1. The fourth-order valence-corrected chi connectivity index (χ4v) is 4.45. The minimum absolute atomic E-state index is 0.674. The van der Waals surface area contributed by atoms with Crippen LogP contribution in [0.1, 0.15) is 29.7 Å². The van der Waals surface area contributed by atoms with Crippen LogP contribution in [0.2, 0.25) is 0 Å². The summed E-state index contributed by atoms with van der Waals surface area (Å²) in [6.07, 6.45) is 2.77. The van der Waals surface area contributed by atoms with Gasteiger partial charge in [0, 0.05) is 69.6 Å². The highest BCUT2D eigenvalue weighted by atomic mass is 32.1. The Bertz CT molecular complexity index is 1030. The molecule has 1 saturated heterocycles. The molecule has 0 bridgehead atoms. The number of nitrogens with zero attached hydrogens (tertiary/aromatic N) is 8. The Balaban J connectivity index is 1.31. The molecule has 0 spiro atoms. The lowest BCUT2D eigenvalue weighted by Crippen LogP contribution is -2.52. The van der Waals surface area contributed by atoms with Crippen LogP contribution in [0.5, 0.6) is 0 Å². The van der Waals surface area contributed by atoms with Gasteiger partial charge in [0.15, 0.2) is 11.8 Å². The molecule has 0 saturated carbocycles. The van der Waals surface area contributed by atoms with Crippen LogP contribution >= 0.6 is 11.5 Å². The number of rotatable bonds is 5. The zero-order valence-electron chi connectivity index (χ0n) is 18.5. The fourth-order valence-electron chi connectivity index (χ4n) is 3.65. The first kappa shape index (κ1) is 21.2. The first-order chi connectivity index (χ1) is 15.1. The Morgan fingerprint density at radius 1 is 1.19 bits per heavy atom. The summed E-state index contributed by atoms with van der Waals surface area (Å²) < 4.78 is 6.27. The van der Waals surface area contributed by atoms with Crippen molar-refractivity contribution in [3.63, 3.8) is 0 Å². The van der Waals surface area contributed by atoms with Crippen molar-refractivity contribution in [2.45, 2.75) is 33.7 Å². The average Bonchev–Trinajstić information content (AvgIpc) is 3.41. The number of hydrogen-bond acceptors (Lipinski definition) is 7. The third kappa shape index (κ3) is 4.84. The van der Waals surface area contributed by atoms with Crippen molar-refractivity contribution in [2.24, 2.45) is 4.99 Å². The lowest BCUT2D eigenvalue weighted by Gasteiger charge is -2.36. The SMILES string of the molecule is CCc1nsc(N2CCN(C(=NC)NCc3ccc(-n4nc(C)cc4C)nc3)CC2)n1. The van der Waals surface area contributed by atoms with Crippen LogP contribution in [0.3, 0.4) is 0 Å². The predicted molar refractivity (Wildman–Crippen MR) is 124 cm³/mol. The Morgan fingerprint density at radius 3 is 2.58 bits per heavy atom. The highest BCUT2D eigenvalue weighted by Crippen LogP contribution is 2.19. The number of nitrogens with one attached hydrogen (secondary N) is 1. The summed E-state index contributed by atoms with van der Waals surface area (Å²) in [6, 6.07) is 6.14. The molecule has 164 valence electrons. The molecule has 1 fully saturated rings. The van der Waals surface area contributed by atoms with E-state index >= 15 is 0 Å². The van der Waals surface area contributed by atoms with Gasteiger partial charge < -0.3 is 15.1 Å². The second-order valence-corrected chi connectivity index (χ2v) is 8.32. The van der Waals surface area contributed by atoms with Gasteiger partial charge in [0.05, 0.1) is 5.69 Å². The second kappa shape index (κ2) is 9.42. The number of aromatic nitrogens is 5. The molecule has 4 rings (SSSR count). The average molecular weight is 440 g/mol. The summed E-state index contributed by atoms with van der Waals surface area (Å²) in [6.45, 7) is 10.4. The van der Waals surface area contributed by atoms with Gasteiger partial charge in [0.2, 0.25) is 5.13 Å². The van der Waals surface area contributed by atoms with E-state index in [1.54, 1.807) is 0 Å². The zero-order valence-corrected chi connectivity index (χ0v) is 19.4. The lowest BCUT2D eigenvalue weighted by molar-refractivity contribution is 0.372. The summed E-state index contributed by atoms with van der Waals surface area (Å²) in [7, 11) is 1.83. The van der Waals surface area contributed by atoms with Crippen LogP contribution < -0.4 is 10.2 Å². The van der Waals surface area contributed by atoms with Gasteiger partial charge in [0.1, 0.15) is 5.82 Å². The third-order valence-corrected chi connectivity index (χ3v) is 6.14. The van der Waals surface area contributed by atoms with Crippen LogP contribution in [0, 0.1) is 13.8 Å². The van der Waals surface area contributed by atoms with E-state index in [9.17, 15) is 0 Å². The molecule has 0 atom stereocenters. The minimum Gasteiger partial charge on any atom is -0.352 e. The summed E-state index contributed by atoms with van der Waals surface area (Å²) in [5, 5.41) is 8.98. The minimum atomic E-state index is 0.674. The quantitative estimate of drug-likeness (QED) is 0.482. The Labute approximate surface area is 187 Å². The van der Waals surface area contributed by atoms with Gasteiger partial charge in [-0.05, 0) is 31.5 Å². The largest absolute Gasteiger partial charge is 0.352 e. The molecule has 0 unspecified atom stereocenters. The molecular formula is C21H29N9S. The first-order valence-electron chi connectivity index (χ1n) is 10.6. The number of pyridine rings is 1. The molecule has 0 radical (unpaired) electrons. The molecule has 1 aliphatic rings. The highest BCUT2D eigenvalue weighted by molar-refractivity contribution is 7.09. The van der Waals surface area contributed by atoms with E-state index in [0.717, 1.165) is 72.3 Å². The van der Waals surface area contributed by atoms with Crippen molar-refractivity contribution in [3.8, 4) is 5.82 Å². The van der Waals surface area contributed by atoms with Crippen LogP contribution in [-0.2, 0) is 13.0 Å². The van der Waals surface area contributed by atoms with E-state index in [1.165, 1.54) is 11.5 Å². The van der Waals surface area contributed by atoms with Crippen LogP contribution in [0.15, 0.2) is 29.4 Å². The first-order valence-corrected chi connectivity index (χ1v) is 11.4. The van der Waals surface area contributed by atoms with Crippen LogP contribution in [0.25, 0.3) is 5.82 Å². The Kier molecular flexibility index (Phi) is 6.45. The lowest BCUT2D eigenvalue weighted by atomic mass is 10.2. The van der Waals surface area contributed by atoms with E-state index in [2.05, 4.69) is 58.6 Å². The highest BCUT2D eigenvalue weighted by Gasteiger charge is 2.22. The summed E-state index contributed by atoms with van der Waals surface area (Å²) in [4.78, 5) is 18.3. The third-order valence-electron chi connectivity index (χ3n) is 5.32. The van der Waals surface area contributed by atoms with Crippen molar-refractivity contribution < 1.29 is 0 Å². The number of hydrogen-bond donors (Lipinski definition) is 1. The van der Waals surface area contributed by atoms with E-state index in [-0.39, 0.29) is 0 Å². The molecule has 4 heterocycles. The van der Waals surface area contributed by atoms with Gasteiger partial charge in [-0.2, -0.15) is 9.47 Å². The van der Waals surface area contributed by atoms with Gasteiger partial charge in [-0.3, -0.25) is 4.99 Å². The van der Waals surface area contributed by atoms with Gasteiger partial charge >= 0.3 is 0 Å². The van der Waals surface area contributed by atoms with Gasteiger partial charge in [-0.15, -0.1) is 0 Å². The molecule has 31 heavy (non-hydrogen) atoms. The Hall–Kier alpha value is -3.01. The molecule has 0 amide bonds. The maximum Gasteiger partial charge on any atom is 0.205 e. The van der Waals surface area contributed by atoms with E-state index in [0.29, 0.717) is 6.54 Å². The van der Waals surface area contributed by atoms with Gasteiger partial charge in [-0.1, -0.05) is 13.0 Å². The monoisotopic (exact) mass is 439 g/mol. The van der Waals surface area contributed by atoms with E-state index in [1.807, 2.05) is 37.8 Å². The molecule has 0 aromatic carbocycles.